The molecule has 0 bridgehead atoms. The van der Waals surface area contributed by atoms with Gasteiger partial charge in [0, 0.05) is 19.5 Å². The van der Waals surface area contributed by atoms with Crippen LogP contribution in [0.2, 0.25) is 0 Å². The van der Waals surface area contributed by atoms with Crippen LogP contribution in [0.3, 0.4) is 0 Å². The summed E-state index contributed by atoms with van der Waals surface area (Å²) >= 11 is 0. The van der Waals surface area contributed by atoms with Gasteiger partial charge in [-0.05, 0) is 68.7 Å². The van der Waals surface area contributed by atoms with Crippen LogP contribution in [-0.2, 0) is 23.8 Å². The third kappa shape index (κ3) is 13.0. The summed E-state index contributed by atoms with van der Waals surface area (Å²) < 4.78 is 15.7. The van der Waals surface area contributed by atoms with E-state index in [-0.39, 0.29) is 25.9 Å². The van der Waals surface area contributed by atoms with Gasteiger partial charge in [0.05, 0.1) is 12.1 Å². The average molecular weight is 531 g/mol. The highest BCUT2D eigenvalue weighted by Crippen LogP contribution is 2.17. The Hall–Kier alpha value is -3.25. The second kappa shape index (κ2) is 12.3. The van der Waals surface area contributed by atoms with Gasteiger partial charge < -0.3 is 40.2 Å². The lowest BCUT2D eigenvalue weighted by Gasteiger charge is -2.26. The molecule has 0 aromatic heterocycles. The van der Waals surface area contributed by atoms with E-state index in [1.54, 1.807) is 62.3 Å². The summed E-state index contributed by atoms with van der Waals surface area (Å²) in [5.41, 5.74) is -2.32. The summed E-state index contributed by atoms with van der Waals surface area (Å²) in [4.78, 5) is 62.6. The highest BCUT2D eigenvalue weighted by molar-refractivity contribution is 5.82. The molecule has 13 nitrogen and oxygen atoms in total. The van der Waals surface area contributed by atoms with Gasteiger partial charge in [-0.25, -0.2) is 19.2 Å². The largest absolute Gasteiger partial charge is 0.480 e. The zero-order chi connectivity index (χ0) is 28.8. The molecule has 4 amide bonds. The Morgan fingerprint density at radius 3 is 1.49 bits per heavy atom. The Kier molecular flexibility index (Phi) is 10.6. The van der Waals surface area contributed by atoms with Crippen LogP contribution >= 0.6 is 0 Å². The molecule has 1 heterocycles. The fourth-order valence-corrected chi connectivity index (χ4v) is 3.35. The molecule has 0 radical (unpaired) electrons. The zero-order valence-electron chi connectivity index (χ0n) is 23.2. The molecule has 0 spiro atoms. The molecule has 13 heteroatoms. The molecule has 0 aromatic rings. The van der Waals surface area contributed by atoms with Gasteiger partial charge in [0.15, 0.2) is 0 Å². The molecule has 0 aromatic carbocycles. The maximum Gasteiger partial charge on any atom is 0.408 e. The fourth-order valence-electron chi connectivity index (χ4n) is 3.35. The minimum atomic E-state index is -1.34. The minimum Gasteiger partial charge on any atom is -0.480 e. The predicted octanol–water partition coefficient (Wildman–Crippen LogP) is 2.37. The Balaban J connectivity index is 2.86. The van der Waals surface area contributed by atoms with Crippen molar-refractivity contribution in [3.8, 4) is 0 Å². The van der Waals surface area contributed by atoms with Crippen LogP contribution in [0.5, 0.6) is 0 Å². The van der Waals surface area contributed by atoms with Crippen LogP contribution < -0.4 is 16.0 Å². The number of carbonyl (C=O) groups excluding carboxylic acids is 4. The first kappa shape index (κ1) is 31.8. The topological polar surface area (TPSA) is 173 Å². The lowest BCUT2D eigenvalue weighted by molar-refractivity contribution is -0.140. The molecule has 0 saturated carbocycles. The molecule has 0 unspecified atom stereocenters. The molecule has 1 fully saturated rings. The van der Waals surface area contributed by atoms with Crippen molar-refractivity contribution < 1.29 is 43.3 Å². The molecule has 3 atom stereocenters. The second-order valence-electron chi connectivity index (χ2n) is 11.9. The summed E-state index contributed by atoms with van der Waals surface area (Å²) in [5.74, 6) is -1.73. The van der Waals surface area contributed by atoms with Crippen LogP contribution in [0.15, 0.2) is 0 Å². The molecule has 1 aliphatic rings. The first-order valence-corrected chi connectivity index (χ1v) is 12.1. The molecule has 0 aliphatic carbocycles. The third-order valence-electron chi connectivity index (χ3n) is 4.71. The Morgan fingerprint density at radius 2 is 1.14 bits per heavy atom. The van der Waals surface area contributed by atoms with Crippen molar-refractivity contribution in [2.75, 3.05) is 13.1 Å². The summed E-state index contributed by atoms with van der Waals surface area (Å²) in [7, 11) is 0. The van der Waals surface area contributed by atoms with Gasteiger partial charge in [-0.2, -0.15) is 0 Å². The number of amides is 4. The van der Waals surface area contributed by atoms with E-state index >= 15 is 0 Å². The number of alkyl carbamates (subject to hydrolysis) is 3. The summed E-state index contributed by atoms with van der Waals surface area (Å²) in [6.45, 7) is 15.3. The van der Waals surface area contributed by atoms with Crippen molar-refractivity contribution in [2.45, 2.75) is 110 Å². The number of carbonyl (C=O) groups is 5. The van der Waals surface area contributed by atoms with Gasteiger partial charge in [-0.15, -0.1) is 0 Å². The quantitative estimate of drug-likeness (QED) is 0.360. The molecule has 1 aliphatic heterocycles. The number of carboxylic acids is 1. The van der Waals surface area contributed by atoms with E-state index in [0.717, 1.165) is 0 Å². The van der Waals surface area contributed by atoms with Crippen LogP contribution in [0.1, 0.15) is 75.2 Å². The number of hydrogen-bond donors (Lipinski definition) is 4. The van der Waals surface area contributed by atoms with Gasteiger partial charge in [-0.1, -0.05) is 0 Å². The first-order valence-electron chi connectivity index (χ1n) is 12.1. The van der Waals surface area contributed by atoms with Crippen molar-refractivity contribution in [1.82, 2.24) is 20.9 Å². The lowest BCUT2D eigenvalue weighted by atomic mass is 10.1. The van der Waals surface area contributed by atoms with Gasteiger partial charge in [0.2, 0.25) is 5.91 Å². The van der Waals surface area contributed by atoms with E-state index in [1.807, 2.05) is 0 Å². The predicted molar refractivity (Wildman–Crippen MR) is 133 cm³/mol. The monoisotopic (exact) mass is 530 g/mol. The summed E-state index contributed by atoms with van der Waals surface area (Å²) in [5, 5.41) is 17.1. The smallest absolute Gasteiger partial charge is 0.408 e. The van der Waals surface area contributed by atoms with Gasteiger partial charge >= 0.3 is 24.2 Å². The van der Waals surface area contributed by atoms with Gasteiger partial charge in [0.25, 0.3) is 0 Å². The van der Waals surface area contributed by atoms with Crippen molar-refractivity contribution in [3.63, 3.8) is 0 Å². The Morgan fingerprint density at radius 1 is 0.757 bits per heavy atom. The molecule has 4 N–H and O–H groups in total. The third-order valence-corrected chi connectivity index (χ3v) is 4.71. The fraction of sp³-hybridized carbons (Fsp3) is 0.792. The Labute approximate surface area is 217 Å². The summed E-state index contributed by atoms with van der Waals surface area (Å²) in [6, 6.07) is -2.70. The number of hydrogen-bond acceptors (Lipinski definition) is 8. The number of aliphatic carboxylic acids is 1. The van der Waals surface area contributed by atoms with Crippen LogP contribution in [0, 0.1) is 0 Å². The number of likely N-dealkylation sites (tertiary alicyclic amines) is 1. The van der Waals surface area contributed by atoms with E-state index in [2.05, 4.69) is 16.0 Å². The molecule has 1 saturated heterocycles. The highest BCUT2D eigenvalue weighted by Gasteiger charge is 2.39. The van der Waals surface area contributed by atoms with E-state index in [9.17, 15) is 29.1 Å². The second-order valence-corrected chi connectivity index (χ2v) is 11.9. The SMILES string of the molecule is CC(C)(C)OC(=O)N[C@@H](CCC(=O)N1C[C@H](NC(=O)OC(C)(C)C)[C@H](NC(=O)OC(C)(C)C)C1)C(=O)O. The minimum absolute atomic E-state index is 0.0514. The Bertz CT molecular complexity index is 818. The van der Waals surface area contributed by atoms with E-state index in [0.29, 0.717) is 0 Å². The normalized spacial score (nSPS) is 18.9. The molecule has 1 rings (SSSR count). The number of rotatable bonds is 7. The lowest BCUT2D eigenvalue weighted by Crippen LogP contribution is -2.52. The van der Waals surface area contributed by atoms with Crippen molar-refractivity contribution in [3.05, 3.63) is 0 Å². The van der Waals surface area contributed by atoms with E-state index < -0.39 is 65.1 Å². The van der Waals surface area contributed by atoms with E-state index in [1.165, 1.54) is 4.90 Å². The average Bonchev–Trinajstić information content (AvgIpc) is 3.02. The zero-order valence-corrected chi connectivity index (χ0v) is 23.2. The number of carboxylic acid groups (broad SMARTS) is 1. The van der Waals surface area contributed by atoms with Crippen LogP contribution in [0.4, 0.5) is 14.4 Å². The van der Waals surface area contributed by atoms with Crippen LogP contribution in [-0.4, -0.2) is 88.2 Å². The van der Waals surface area contributed by atoms with Gasteiger partial charge in [-0.3, -0.25) is 4.79 Å². The number of ether oxygens (including phenoxy) is 3. The number of nitrogens with zero attached hydrogens (tertiary/aromatic N) is 1. The highest BCUT2D eigenvalue weighted by atomic mass is 16.6. The molecule has 37 heavy (non-hydrogen) atoms. The van der Waals surface area contributed by atoms with Crippen LogP contribution in [0.25, 0.3) is 0 Å². The van der Waals surface area contributed by atoms with Gasteiger partial charge in [0.1, 0.15) is 22.8 Å². The first-order chi connectivity index (χ1) is 16.6. The maximum absolute atomic E-state index is 12.9. The number of nitrogens with one attached hydrogen (secondary N) is 3. The summed E-state index contributed by atoms with van der Waals surface area (Å²) in [6.07, 6.45) is -2.72. The molecular weight excluding hydrogens is 488 g/mol. The van der Waals surface area contributed by atoms with Crippen molar-refractivity contribution in [2.24, 2.45) is 0 Å². The molecule has 212 valence electrons. The van der Waals surface area contributed by atoms with E-state index in [4.69, 9.17) is 14.2 Å². The standard InChI is InChI=1S/C24H42N4O9/c1-22(2,3)35-19(32)25-14(18(30)31)10-11-17(29)28-12-15(26-20(33)36-23(4,5)6)16(13-28)27-21(34)37-24(7,8)9/h14-16H,10-13H2,1-9H3,(H,25,32)(H,26,33)(H,27,34)(H,30,31)/t14-,15-,16+/m0/s1. The van der Waals surface area contributed by atoms with Crippen molar-refractivity contribution >= 4 is 30.2 Å². The molecular formula is C24H42N4O9. The maximum atomic E-state index is 12.9. The van der Waals surface area contributed by atoms with Crippen molar-refractivity contribution in [1.29, 1.82) is 0 Å².